The normalized spacial score (nSPS) is 21.3. The van der Waals surface area contributed by atoms with Crippen LogP contribution in [-0.2, 0) is 16.0 Å². The van der Waals surface area contributed by atoms with E-state index in [-0.39, 0.29) is 18.2 Å². The van der Waals surface area contributed by atoms with Crippen LogP contribution in [0.25, 0.3) is 0 Å². The van der Waals surface area contributed by atoms with Crippen molar-refractivity contribution >= 4 is 29.5 Å². The van der Waals surface area contributed by atoms with Crippen LogP contribution in [0.1, 0.15) is 37.6 Å². The van der Waals surface area contributed by atoms with Gasteiger partial charge in [-0.2, -0.15) is 5.10 Å². The minimum Gasteiger partial charge on any atom is -0.444 e. The number of ether oxygens (including phenoxy) is 2. The molecular weight excluding hydrogens is 366 g/mol. The van der Waals surface area contributed by atoms with Gasteiger partial charge in [-0.25, -0.2) is 4.79 Å². The average molecular weight is 389 g/mol. The molecule has 2 aliphatic heterocycles. The lowest BCUT2D eigenvalue weighted by Crippen LogP contribution is -2.33. The number of aromatic amines is 1. The summed E-state index contributed by atoms with van der Waals surface area (Å²) in [7, 11) is 0. The monoisotopic (exact) mass is 389 g/mol. The number of aromatic nitrogens is 2. The molecule has 27 heavy (non-hydrogen) atoms. The van der Waals surface area contributed by atoms with Gasteiger partial charge < -0.3 is 20.1 Å². The fourth-order valence-corrected chi connectivity index (χ4v) is 3.99. The highest BCUT2D eigenvalue weighted by Crippen LogP contribution is 2.35. The van der Waals surface area contributed by atoms with Crippen molar-refractivity contribution < 1.29 is 14.3 Å². The van der Waals surface area contributed by atoms with E-state index in [1.54, 1.807) is 11.9 Å². The molecule has 2 atom stereocenters. The maximum Gasteiger partial charge on any atom is 0.407 e. The standard InChI is InChI=1S/C18H23N5O3S/c1-10(2)20-18(24)26-11-6-15(25-9-11)14-7-17(23-22-14)21-13-4-3-5-16-12(13)8-19-27-16/h3-5,7,10-11,15,19H,6,8-9H2,1-2H3,(H,20,24)(H2,21,22,23). The van der Waals surface area contributed by atoms with Crippen molar-refractivity contribution in [3.63, 3.8) is 0 Å². The third-order valence-corrected chi connectivity index (χ3v) is 5.30. The van der Waals surface area contributed by atoms with Crippen LogP contribution >= 0.6 is 11.9 Å². The van der Waals surface area contributed by atoms with Crippen LogP contribution in [0.2, 0.25) is 0 Å². The van der Waals surface area contributed by atoms with Gasteiger partial charge in [0.05, 0.1) is 12.3 Å². The maximum absolute atomic E-state index is 11.7. The number of nitrogens with zero attached hydrogens (tertiary/aromatic N) is 1. The molecule has 0 saturated carbocycles. The molecule has 1 saturated heterocycles. The van der Waals surface area contributed by atoms with Crippen molar-refractivity contribution in [2.75, 3.05) is 11.9 Å². The van der Waals surface area contributed by atoms with Crippen LogP contribution in [0.4, 0.5) is 16.3 Å². The van der Waals surface area contributed by atoms with Gasteiger partial charge >= 0.3 is 6.09 Å². The van der Waals surface area contributed by atoms with Crippen molar-refractivity contribution in [1.82, 2.24) is 20.2 Å². The number of carbonyl (C=O) groups is 1. The number of hydrogen-bond acceptors (Lipinski definition) is 7. The summed E-state index contributed by atoms with van der Waals surface area (Å²) in [6, 6.07) is 8.16. The Bertz CT molecular complexity index is 825. The van der Waals surface area contributed by atoms with Gasteiger partial charge in [-0.1, -0.05) is 6.07 Å². The lowest BCUT2D eigenvalue weighted by atomic mass is 10.1. The van der Waals surface area contributed by atoms with Gasteiger partial charge in [0.1, 0.15) is 12.2 Å². The number of anilines is 2. The van der Waals surface area contributed by atoms with E-state index in [0.29, 0.717) is 13.0 Å². The van der Waals surface area contributed by atoms with E-state index in [1.807, 2.05) is 32.0 Å². The molecule has 2 aromatic rings. The molecule has 1 aromatic carbocycles. The summed E-state index contributed by atoms with van der Waals surface area (Å²) in [5, 5.41) is 13.5. The van der Waals surface area contributed by atoms with Gasteiger partial charge in [-0.05, 0) is 37.9 Å². The predicted molar refractivity (Wildman–Crippen MR) is 103 cm³/mol. The lowest BCUT2D eigenvalue weighted by Gasteiger charge is -2.13. The average Bonchev–Trinajstić information content (AvgIpc) is 3.33. The van der Waals surface area contributed by atoms with Gasteiger partial charge in [0.2, 0.25) is 0 Å². The maximum atomic E-state index is 11.7. The SMILES string of the molecule is CC(C)NC(=O)OC1COC(c2cc(Nc3cccc4c3CNS4)n[nH]2)C1. The first kappa shape index (κ1) is 18.1. The Balaban J connectivity index is 1.36. The Morgan fingerprint density at radius 2 is 2.33 bits per heavy atom. The summed E-state index contributed by atoms with van der Waals surface area (Å²) in [5.41, 5.74) is 3.16. The minimum absolute atomic E-state index is 0.0462. The highest BCUT2D eigenvalue weighted by molar-refractivity contribution is 7.97. The summed E-state index contributed by atoms with van der Waals surface area (Å²) in [6.45, 7) is 4.99. The zero-order valence-corrected chi connectivity index (χ0v) is 16.1. The molecule has 4 rings (SSSR count). The van der Waals surface area contributed by atoms with E-state index in [4.69, 9.17) is 9.47 Å². The van der Waals surface area contributed by atoms with Crippen molar-refractivity contribution in [2.24, 2.45) is 0 Å². The lowest BCUT2D eigenvalue weighted by molar-refractivity contribution is 0.0682. The van der Waals surface area contributed by atoms with Gasteiger partial charge in [-0.15, -0.1) is 0 Å². The van der Waals surface area contributed by atoms with Gasteiger partial charge in [0.15, 0.2) is 5.82 Å². The number of nitrogens with one attached hydrogen (secondary N) is 4. The van der Waals surface area contributed by atoms with Crippen LogP contribution in [0, 0.1) is 0 Å². The first-order chi connectivity index (χ1) is 13.1. The molecule has 1 aromatic heterocycles. The first-order valence-electron chi connectivity index (χ1n) is 9.01. The molecule has 2 aliphatic rings. The van der Waals surface area contributed by atoms with Crippen LogP contribution in [0.15, 0.2) is 29.2 Å². The Hall–Kier alpha value is -2.23. The van der Waals surface area contributed by atoms with E-state index in [9.17, 15) is 4.79 Å². The van der Waals surface area contributed by atoms with E-state index in [2.05, 4.69) is 31.6 Å². The zero-order valence-electron chi connectivity index (χ0n) is 15.2. The second kappa shape index (κ2) is 7.79. The third kappa shape index (κ3) is 4.20. The van der Waals surface area contributed by atoms with Gasteiger partial charge in [0, 0.05) is 41.2 Å². The number of alkyl carbamates (subject to hydrolysis) is 1. The van der Waals surface area contributed by atoms with Gasteiger partial charge in [0.25, 0.3) is 0 Å². The molecule has 0 spiro atoms. The van der Waals surface area contributed by atoms with Gasteiger partial charge in [-0.3, -0.25) is 9.82 Å². The molecule has 1 amide bonds. The fourth-order valence-electron chi connectivity index (χ4n) is 3.17. The van der Waals surface area contributed by atoms with E-state index < -0.39 is 6.09 Å². The van der Waals surface area contributed by atoms with Crippen LogP contribution in [0.5, 0.6) is 0 Å². The molecule has 0 aliphatic carbocycles. The summed E-state index contributed by atoms with van der Waals surface area (Å²) < 4.78 is 14.4. The number of rotatable bonds is 5. The first-order valence-corrected chi connectivity index (χ1v) is 9.83. The molecule has 3 heterocycles. The Morgan fingerprint density at radius 3 is 3.19 bits per heavy atom. The van der Waals surface area contributed by atoms with Crippen LogP contribution in [0.3, 0.4) is 0 Å². The summed E-state index contributed by atoms with van der Waals surface area (Å²) in [4.78, 5) is 13.0. The third-order valence-electron chi connectivity index (χ3n) is 4.41. The van der Waals surface area contributed by atoms with Crippen molar-refractivity contribution in [2.45, 2.75) is 50.0 Å². The highest BCUT2D eigenvalue weighted by atomic mass is 32.2. The second-order valence-electron chi connectivity index (χ2n) is 6.92. The molecule has 0 bridgehead atoms. The van der Waals surface area contributed by atoms with Crippen molar-refractivity contribution in [3.05, 3.63) is 35.5 Å². The van der Waals surface area contributed by atoms with Crippen molar-refractivity contribution in [3.8, 4) is 0 Å². The minimum atomic E-state index is -0.407. The van der Waals surface area contributed by atoms with E-state index >= 15 is 0 Å². The number of fused-ring (bicyclic) bond motifs is 1. The molecule has 2 unspecified atom stereocenters. The second-order valence-corrected chi connectivity index (χ2v) is 7.86. The Labute approximate surface area is 161 Å². The fraction of sp³-hybridized carbons (Fsp3) is 0.444. The molecule has 1 fully saturated rings. The summed E-state index contributed by atoms with van der Waals surface area (Å²) >= 11 is 1.64. The Kier molecular flexibility index (Phi) is 5.24. The quantitative estimate of drug-likeness (QED) is 0.583. The molecule has 144 valence electrons. The summed E-state index contributed by atoms with van der Waals surface area (Å²) in [6.07, 6.45) is -0.220. The zero-order chi connectivity index (χ0) is 18.8. The number of carbonyl (C=O) groups excluding carboxylic acids is 1. The number of H-pyrrole nitrogens is 1. The molecule has 8 nitrogen and oxygen atoms in total. The van der Waals surface area contributed by atoms with Crippen LogP contribution in [-0.4, -0.2) is 35.0 Å². The topological polar surface area (TPSA) is 100 Å². The summed E-state index contributed by atoms with van der Waals surface area (Å²) in [5.74, 6) is 0.737. The van der Waals surface area contributed by atoms with Crippen LogP contribution < -0.4 is 15.4 Å². The van der Waals surface area contributed by atoms with Crippen molar-refractivity contribution in [1.29, 1.82) is 0 Å². The largest absolute Gasteiger partial charge is 0.444 e. The van der Waals surface area contributed by atoms with E-state index in [0.717, 1.165) is 23.7 Å². The molecular formula is C18H23N5O3S. The van der Waals surface area contributed by atoms with E-state index in [1.165, 1.54) is 10.5 Å². The number of hydrogen-bond donors (Lipinski definition) is 4. The Morgan fingerprint density at radius 1 is 1.44 bits per heavy atom. The smallest absolute Gasteiger partial charge is 0.407 e. The number of amides is 1. The molecule has 9 heteroatoms. The molecule has 0 radical (unpaired) electrons. The number of benzene rings is 1. The highest BCUT2D eigenvalue weighted by Gasteiger charge is 2.31. The predicted octanol–water partition coefficient (Wildman–Crippen LogP) is 3.23. The molecule has 4 N–H and O–H groups in total.